The molecule has 0 saturated heterocycles. The van der Waals surface area contributed by atoms with E-state index >= 15 is 0 Å². The fourth-order valence-electron chi connectivity index (χ4n) is 5.02. The number of fused-ring (bicyclic) bond motifs is 2. The molecule has 4 heteroatoms. The van der Waals surface area contributed by atoms with Crippen molar-refractivity contribution >= 4 is 11.4 Å². The van der Waals surface area contributed by atoms with Gasteiger partial charge in [0.25, 0.3) is 0 Å². The van der Waals surface area contributed by atoms with Crippen molar-refractivity contribution < 1.29 is 9.47 Å². The molecule has 2 aliphatic heterocycles. The van der Waals surface area contributed by atoms with Crippen LogP contribution >= 0.6 is 0 Å². The molecule has 5 rings (SSSR count). The van der Waals surface area contributed by atoms with Gasteiger partial charge in [-0.15, -0.1) is 0 Å². The molecule has 31 heavy (non-hydrogen) atoms. The van der Waals surface area contributed by atoms with Crippen LogP contribution in [0.4, 0.5) is 11.4 Å². The lowest BCUT2D eigenvalue weighted by molar-refractivity contribution is 0.287. The summed E-state index contributed by atoms with van der Waals surface area (Å²) < 4.78 is 12.3. The minimum absolute atomic E-state index is 0.578. The minimum atomic E-state index is 0.578. The third kappa shape index (κ3) is 3.50. The maximum atomic E-state index is 6.14. The normalized spacial score (nSPS) is 15.1. The van der Waals surface area contributed by atoms with Gasteiger partial charge in [0.2, 0.25) is 0 Å². The Balaban J connectivity index is 1.58. The van der Waals surface area contributed by atoms with E-state index in [4.69, 9.17) is 9.47 Å². The van der Waals surface area contributed by atoms with Crippen molar-refractivity contribution in [2.24, 2.45) is 0 Å². The number of rotatable bonds is 4. The van der Waals surface area contributed by atoms with Gasteiger partial charge in [0.1, 0.15) is 11.5 Å². The average Bonchev–Trinajstić information content (AvgIpc) is 2.82. The van der Waals surface area contributed by atoms with Crippen LogP contribution in [0.3, 0.4) is 0 Å². The van der Waals surface area contributed by atoms with Gasteiger partial charge in [-0.3, -0.25) is 0 Å². The standard InChI is InChI=1S/C27H30N2O2/c1-4-20-14-19(3)26(28-15-21-10-6-8-12-24(21)30-17-28)23(5-2)27(20)29-16-22-11-7-9-13-25(22)31-18-29/h6-14H,4-5,15-18H2,1-3H3. The number of para-hydroxylation sites is 2. The van der Waals surface area contributed by atoms with Gasteiger partial charge in [0.15, 0.2) is 13.5 Å². The maximum Gasteiger partial charge on any atom is 0.161 e. The summed E-state index contributed by atoms with van der Waals surface area (Å²) in [5.41, 5.74) is 9.23. The number of aryl methyl sites for hydroxylation is 2. The smallest absolute Gasteiger partial charge is 0.161 e. The zero-order chi connectivity index (χ0) is 21.4. The van der Waals surface area contributed by atoms with Gasteiger partial charge >= 0.3 is 0 Å². The first-order chi connectivity index (χ1) is 15.2. The molecule has 3 aromatic rings. The van der Waals surface area contributed by atoms with Gasteiger partial charge < -0.3 is 19.3 Å². The van der Waals surface area contributed by atoms with Gasteiger partial charge in [0, 0.05) is 35.6 Å². The summed E-state index contributed by atoms with van der Waals surface area (Å²) in [5, 5.41) is 0. The number of hydrogen-bond donors (Lipinski definition) is 0. The Morgan fingerprint density at radius 3 is 1.84 bits per heavy atom. The SMILES string of the molecule is CCc1cc(C)c(N2COc3ccccc3C2)c(CC)c1N1COc2ccccc2C1. The van der Waals surface area contributed by atoms with E-state index in [-0.39, 0.29) is 0 Å². The molecule has 3 aromatic carbocycles. The summed E-state index contributed by atoms with van der Waals surface area (Å²) in [5.74, 6) is 2.00. The Labute approximate surface area is 185 Å². The third-order valence-electron chi connectivity index (χ3n) is 6.43. The summed E-state index contributed by atoms with van der Waals surface area (Å²) in [6.07, 6.45) is 1.97. The second kappa shape index (κ2) is 8.18. The van der Waals surface area contributed by atoms with Crippen LogP contribution < -0.4 is 19.3 Å². The Hall–Kier alpha value is -3.14. The molecule has 0 spiro atoms. The molecule has 0 saturated carbocycles. The van der Waals surface area contributed by atoms with Crippen molar-refractivity contribution in [1.29, 1.82) is 0 Å². The van der Waals surface area contributed by atoms with Crippen molar-refractivity contribution in [3.8, 4) is 11.5 Å². The second-order valence-electron chi connectivity index (χ2n) is 8.39. The summed E-state index contributed by atoms with van der Waals surface area (Å²) in [6.45, 7) is 9.65. The molecule has 2 heterocycles. The summed E-state index contributed by atoms with van der Waals surface area (Å²) in [4.78, 5) is 4.79. The largest absolute Gasteiger partial charge is 0.473 e. The van der Waals surface area contributed by atoms with E-state index in [2.05, 4.69) is 73.0 Å². The molecule has 0 aromatic heterocycles. The minimum Gasteiger partial charge on any atom is -0.473 e. The van der Waals surface area contributed by atoms with E-state index in [0.717, 1.165) is 37.4 Å². The lowest BCUT2D eigenvalue weighted by Crippen LogP contribution is -2.36. The predicted octanol–water partition coefficient (Wildman–Crippen LogP) is 5.83. The molecular weight excluding hydrogens is 384 g/mol. The van der Waals surface area contributed by atoms with E-state index in [0.29, 0.717) is 13.5 Å². The monoisotopic (exact) mass is 414 g/mol. The van der Waals surface area contributed by atoms with Crippen molar-refractivity contribution in [2.45, 2.75) is 46.7 Å². The maximum absolute atomic E-state index is 6.14. The van der Waals surface area contributed by atoms with E-state index in [1.807, 2.05) is 12.1 Å². The number of anilines is 2. The quantitative estimate of drug-likeness (QED) is 0.536. The van der Waals surface area contributed by atoms with Gasteiger partial charge in [0.05, 0.1) is 0 Å². The Kier molecular flexibility index (Phi) is 5.23. The zero-order valence-corrected chi connectivity index (χ0v) is 18.6. The lowest BCUT2D eigenvalue weighted by atomic mass is 9.94. The third-order valence-corrected chi connectivity index (χ3v) is 6.43. The molecule has 0 fully saturated rings. The van der Waals surface area contributed by atoms with Crippen LogP contribution in [-0.2, 0) is 25.9 Å². The van der Waals surface area contributed by atoms with Gasteiger partial charge in [-0.1, -0.05) is 56.3 Å². The van der Waals surface area contributed by atoms with Crippen LogP contribution in [0.15, 0.2) is 54.6 Å². The first kappa shape index (κ1) is 19.8. The number of benzene rings is 3. The van der Waals surface area contributed by atoms with Crippen LogP contribution in [0.5, 0.6) is 11.5 Å². The topological polar surface area (TPSA) is 24.9 Å². The number of hydrogen-bond acceptors (Lipinski definition) is 4. The Morgan fingerprint density at radius 2 is 1.29 bits per heavy atom. The van der Waals surface area contributed by atoms with Crippen LogP contribution in [0, 0.1) is 6.92 Å². The molecule has 0 unspecified atom stereocenters. The molecule has 0 atom stereocenters. The Bertz CT molecular complexity index is 1110. The number of nitrogens with zero attached hydrogens (tertiary/aromatic N) is 2. The van der Waals surface area contributed by atoms with E-state index < -0.39 is 0 Å². The van der Waals surface area contributed by atoms with Crippen LogP contribution in [0.25, 0.3) is 0 Å². The molecule has 0 radical (unpaired) electrons. The highest BCUT2D eigenvalue weighted by Gasteiger charge is 2.27. The second-order valence-corrected chi connectivity index (χ2v) is 8.39. The molecule has 160 valence electrons. The van der Waals surface area contributed by atoms with Crippen molar-refractivity contribution in [2.75, 3.05) is 23.3 Å². The molecule has 0 aliphatic carbocycles. The van der Waals surface area contributed by atoms with Gasteiger partial charge in [-0.25, -0.2) is 0 Å². The first-order valence-electron chi connectivity index (χ1n) is 11.3. The molecule has 0 bridgehead atoms. The lowest BCUT2D eigenvalue weighted by Gasteiger charge is -2.38. The fraction of sp³-hybridized carbons (Fsp3) is 0.333. The molecule has 0 amide bonds. The highest BCUT2D eigenvalue weighted by Crippen LogP contribution is 2.41. The summed E-state index contributed by atoms with van der Waals surface area (Å²) in [7, 11) is 0. The average molecular weight is 415 g/mol. The van der Waals surface area contributed by atoms with E-state index in [1.54, 1.807) is 0 Å². The zero-order valence-electron chi connectivity index (χ0n) is 18.6. The van der Waals surface area contributed by atoms with Gasteiger partial charge in [-0.2, -0.15) is 0 Å². The highest BCUT2D eigenvalue weighted by atomic mass is 16.5. The first-order valence-corrected chi connectivity index (χ1v) is 11.3. The summed E-state index contributed by atoms with van der Waals surface area (Å²) >= 11 is 0. The Morgan fingerprint density at radius 1 is 0.742 bits per heavy atom. The molecule has 2 aliphatic rings. The van der Waals surface area contributed by atoms with Gasteiger partial charge in [-0.05, 0) is 48.6 Å². The van der Waals surface area contributed by atoms with Crippen molar-refractivity contribution in [3.63, 3.8) is 0 Å². The molecule has 4 nitrogen and oxygen atoms in total. The van der Waals surface area contributed by atoms with Crippen LogP contribution in [-0.4, -0.2) is 13.5 Å². The molecule has 0 N–H and O–H groups in total. The van der Waals surface area contributed by atoms with Crippen molar-refractivity contribution in [1.82, 2.24) is 0 Å². The van der Waals surface area contributed by atoms with E-state index in [1.165, 1.54) is 39.2 Å². The van der Waals surface area contributed by atoms with E-state index in [9.17, 15) is 0 Å². The molecular formula is C27H30N2O2. The number of ether oxygens (including phenoxy) is 2. The van der Waals surface area contributed by atoms with Crippen molar-refractivity contribution in [3.05, 3.63) is 82.4 Å². The highest BCUT2D eigenvalue weighted by molar-refractivity contribution is 5.75. The predicted molar refractivity (Wildman–Crippen MR) is 126 cm³/mol. The fourth-order valence-corrected chi connectivity index (χ4v) is 5.02. The van der Waals surface area contributed by atoms with Crippen LogP contribution in [0.2, 0.25) is 0 Å². The van der Waals surface area contributed by atoms with Crippen LogP contribution in [0.1, 0.15) is 41.7 Å². The summed E-state index contributed by atoms with van der Waals surface area (Å²) in [6, 6.07) is 19.1.